The van der Waals surface area contributed by atoms with Crippen molar-refractivity contribution in [3.63, 3.8) is 0 Å². The molecule has 4 rings (SSSR count). The average molecular weight is 416 g/mol. The average Bonchev–Trinajstić information content (AvgIpc) is 2.97. The van der Waals surface area contributed by atoms with Crippen LogP contribution in [0.5, 0.6) is 0 Å². The predicted molar refractivity (Wildman–Crippen MR) is 123 cm³/mol. The topological polar surface area (TPSA) is 49.3 Å². The smallest absolute Gasteiger partial charge is 0.244 e. The summed E-state index contributed by atoms with van der Waals surface area (Å²) in [7, 11) is 0. The second kappa shape index (κ2) is 8.26. The third-order valence-electron chi connectivity index (χ3n) is 10.1. The molecular weight excluding hydrogens is 370 g/mol. The van der Waals surface area contributed by atoms with Crippen LogP contribution in [0.3, 0.4) is 0 Å². The number of aliphatic hydroxyl groups excluding tert-OH is 1. The zero-order chi connectivity index (χ0) is 21.7. The Kier molecular flexibility index (Phi) is 6.16. The maximum Gasteiger partial charge on any atom is 0.244 e. The lowest BCUT2D eigenvalue weighted by Crippen LogP contribution is -2.56. The predicted octanol–water partition coefficient (Wildman–Crippen LogP) is 5.87. The van der Waals surface area contributed by atoms with Crippen LogP contribution in [0.2, 0.25) is 0 Å². The van der Waals surface area contributed by atoms with Gasteiger partial charge in [-0.15, -0.1) is 0 Å². The molecule has 0 bridgehead atoms. The van der Waals surface area contributed by atoms with Crippen molar-refractivity contribution < 1.29 is 9.90 Å². The zero-order valence-electron chi connectivity index (χ0n) is 20.0. The Bertz CT molecular complexity index is 684. The van der Waals surface area contributed by atoms with Gasteiger partial charge in [0, 0.05) is 12.1 Å². The lowest BCUT2D eigenvalue weighted by Gasteiger charge is -2.55. The summed E-state index contributed by atoms with van der Waals surface area (Å²) in [6.45, 7) is 12.1. The van der Waals surface area contributed by atoms with E-state index in [1.165, 1.54) is 50.5 Å². The SMILES string of the molecule is CC(C)CCCC(C)[C@H]1CC[C@H]2[C@@H]3NC(=O)C=C4C[C@@H](O)CC[C@]4(C)[C@H]3CC[C@]12C. The third kappa shape index (κ3) is 3.78. The Morgan fingerprint density at radius 3 is 2.57 bits per heavy atom. The van der Waals surface area contributed by atoms with Crippen molar-refractivity contribution in [2.45, 2.75) is 111 Å². The van der Waals surface area contributed by atoms with E-state index in [0.29, 0.717) is 29.7 Å². The van der Waals surface area contributed by atoms with Crippen molar-refractivity contribution >= 4 is 5.91 Å². The normalized spacial score (nSPS) is 44.4. The van der Waals surface area contributed by atoms with E-state index in [1.54, 1.807) is 0 Å². The molecule has 3 fully saturated rings. The first-order chi connectivity index (χ1) is 14.1. The molecule has 8 atom stereocenters. The summed E-state index contributed by atoms with van der Waals surface area (Å²) in [5.41, 5.74) is 1.65. The molecule has 0 saturated heterocycles. The Labute approximate surface area is 184 Å². The van der Waals surface area contributed by atoms with Crippen LogP contribution in [0, 0.1) is 40.4 Å². The summed E-state index contributed by atoms with van der Waals surface area (Å²) in [6.07, 6.45) is 13.3. The molecule has 1 unspecified atom stereocenters. The summed E-state index contributed by atoms with van der Waals surface area (Å²) >= 11 is 0. The van der Waals surface area contributed by atoms with Crippen molar-refractivity contribution in [2.75, 3.05) is 0 Å². The molecule has 0 aromatic carbocycles. The Hall–Kier alpha value is -0.830. The standard InChI is InChI=1S/C27H45NO2/c1-17(2)7-6-8-18(3)21-9-10-22-25-23(12-14-27(21,22)5)26(4)13-11-20(29)15-19(26)16-24(30)28-25/h16-18,20-23,25,29H,6-15H2,1-5H3,(H,28,30)/t18?,20-,21+,22-,23-,25-,26-,27+/m0/s1. The first kappa shape index (κ1) is 22.4. The summed E-state index contributed by atoms with van der Waals surface area (Å²) in [5.74, 6) is 3.60. The largest absolute Gasteiger partial charge is 0.393 e. The van der Waals surface area contributed by atoms with Gasteiger partial charge in [-0.1, -0.05) is 59.5 Å². The fraction of sp³-hybridized carbons (Fsp3) is 0.889. The maximum atomic E-state index is 12.9. The minimum Gasteiger partial charge on any atom is -0.393 e. The van der Waals surface area contributed by atoms with Crippen LogP contribution in [0.25, 0.3) is 0 Å². The first-order valence-electron chi connectivity index (χ1n) is 12.8. The number of hydrogen-bond donors (Lipinski definition) is 2. The molecule has 3 nitrogen and oxygen atoms in total. The highest BCUT2D eigenvalue weighted by Crippen LogP contribution is 2.63. The molecule has 3 aliphatic carbocycles. The molecule has 2 N–H and O–H groups in total. The molecule has 170 valence electrons. The monoisotopic (exact) mass is 415 g/mol. The van der Waals surface area contributed by atoms with Crippen molar-refractivity contribution in [3.05, 3.63) is 11.6 Å². The summed E-state index contributed by atoms with van der Waals surface area (Å²) in [5, 5.41) is 13.8. The van der Waals surface area contributed by atoms with Gasteiger partial charge in [-0.3, -0.25) is 4.79 Å². The number of aliphatic hydroxyl groups is 1. The van der Waals surface area contributed by atoms with Gasteiger partial charge in [0.15, 0.2) is 0 Å². The van der Waals surface area contributed by atoms with Gasteiger partial charge in [-0.05, 0) is 85.4 Å². The second-order valence-electron chi connectivity index (χ2n) is 12.3. The van der Waals surface area contributed by atoms with E-state index in [2.05, 4.69) is 39.9 Å². The molecule has 4 aliphatic rings. The van der Waals surface area contributed by atoms with Gasteiger partial charge in [0.1, 0.15) is 0 Å². The Morgan fingerprint density at radius 1 is 1.07 bits per heavy atom. The number of rotatable bonds is 5. The van der Waals surface area contributed by atoms with Crippen LogP contribution >= 0.6 is 0 Å². The number of carbonyl (C=O) groups is 1. The number of amides is 1. The van der Waals surface area contributed by atoms with E-state index >= 15 is 0 Å². The zero-order valence-corrected chi connectivity index (χ0v) is 20.0. The van der Waals surface area contributed by atoms with Gasteiger partial charge >= 0.3 is 0 Å². The highest BCUT2D eigenvalue weighted by Gasteiger charge is 2.59. The van der Waals surface area contributed by atoms with Gasteiger partial charge in [0.2, 0.25) is 5.91 Å². The summed E-state index contributed by atoms with van der Waals surface area (Å²) in [4.78, 5) is 12.9. The van der Waals surface area contributed by atoms with E-state index in [-0.39, 0.29) is 17.4 Å². The molecule has 0 spiro atoms. The molecule has 1 aliphatic heterocycles. The van der Waals surface area contributed by atoms with E-state index in [9.17, 15) is 9.90 Å². The quantitative estimate of drug-likeness (QED) is 0.590. The van der Waals surface area contributed by atoms with Gasteiger partial charge in [-0.25, -0.2) is 0 Å². The fourth-order valence-corrected chi connectivity index (χ4v) is 8.31. The number of fused-ring (bicyclic) bond motifs is 5. The molecule has 30 heavy (non-hydrogen) atoms. The Morgan fingerprint density at radius 2 is 1.83 bits per heavy atom. The molecule has 1 amide bonds. The van der Waals surface area contributed by atoms with Gasteiger partial charge < -0.3 is 10.4 Å². The van der Waals surface area contributed by atoms with Crippen LogP contribution in [0.4, 0.5) is 0 Å². The number of carbonyl (C=O) groups excluding carboxylic acids is 1. The fourth-order valence-electron chi connectivity index (χ4n) is 8.31. The van der Waals surface area contributed by atoms with Crippen LogP contribution in [0.1, 0.15) is 98.8 Å². The second-order valence-corrected chi connectivity index (χ2v) is 12.3. The molecule has 0 radical (unpaired) electrons. The van der Waals surface area contributed by atoms with Crippen molar-refractivity contribution in [2.24, 2.45) is 40.4 Å². The van der Waals surface area contributed by atoms with Crippen LogP contribution in [-0.2, 0) is 4.79 Å². The van der Waals surface area contributed by atoms with Gasteiger partial charge in [0.25, 0.3) is 0 Å². The molecule has 0 aromatic rings. The van der Waals surface area contributed by atoms with Crippen molar-refractivity contribution in [1.82, 2.24) is 5.32 Å². The molecular formula is C27H45NO2. The molecule has 1 heterocycles. The van der Waals surface area contributed by atoms with E-state index in [1.807, 2.05) is 6.08 Å². The summed E-state index contributed by atoms with van der Waals surface area (Å²) < 4.78 is 0. The van der Waals surface area contributed by atoms with Crippen LogP contribution in [-0.4, -0.2) is 23.2 Å². The third-order valence-corrected chi connectivity index (χ3v) is 10.1. The first-order valence-corrected chi connectivity index (χ1v) is 12.8. The maximum absolute atomic E-state index is 12.9. The number of nitrogens with one attached hydrogen (secondary N) is 1. The van der Waals surface area contributed by atoms with Crippen LogP contribution < -0.4 is 5.32 Å². The molecule has 0 aromatic heterocycles. The van der Waals surface area contributed by atoms with Gasteiger partial charge in [0.05, 0.1) is 6.10 Å². The molecule has 3 heteroatoms. The van der Waals surface area contributed by atoms with Gasteiger partial charge in [-0.2, -0.15) is 0 Å². The minimum atomic E-state index is -0.273. The van der Waals surface area contributed by atoms with E-state index < -0.39 is 0 Å². The van der Waals surface area contributed by atoms with E-state index in [0.717, 1.165) is 30.6 Å². The lowest BCUT2D eigenvalue weighted by molar-refractivity contribution is -0.119. The van der Waals surface area contributed by atoms with E-state index in [4.69, 9.17) is 0 Å². The lowest BCUT2D eigenvalue weighted by atomic mass is 9.51. The number of hydrogen-bond acceptors (Lipinski definition) is 2. The Balaban J connectivity index is 1.54. The minimum absolute atomic E-state index is 0.0748. The van der Waals surface area contributed by atoms with Crippen molar-refractivity contribution in [1.29, 1.82) is 0 Å². The highest BCUT2D eigenvalue weighted by molar-refractivity contribution is 5.89. The van der Waals surface area contributed by atoms with Crippen molar-refractivity contribution in [3.8, 4) is 0 Å². The summed E-state index contributed by atoms with van der Waals surface area (Å²) in [6, 6.07) is 0.304. The molecule has 3 saturated carbocycles. The van der Waals surface area contributed by atoms with Crippen LogP contribution in [0.15, 0.2) is 11.6 Å². The highest BCUT2D eigenvalue weighted by atomic mass is 16.3.